The lowest BCUT2D eigenvalue weighted by atomic mass is 10.1. The number of aliphatic hydroxyl groups is 1. The Kier molecular flexibility index (Phi) is 7.68. The van der Waals surface area contributed by atoms with Crippen molar-refractivity contribution < 1.29 is 14.6 Å². The van der Waals surface area contributed by atoms with Gasteiger partial charge >= 0.3 is 0 Å². The SMILES string of the molecule is O=C(Cc1ccccn1)Nc1ccc(CCNC[C@H](O)COc2cccc3[nH]ccc23)cc1. The molecule has 170 valence electrons. The number of H-pyrrole nitrogens is 1. The summed E-state index contributed by atoms with van der Waals surface area (Å²) in [6, 6.07) is 21.1. The predicted molar refractivity (Wildman–Crippen MR) is 129 cm³/mol. The second-order valence-electron chi connectivity index (χ2n) is 7.86. The van der Waals surface area contributed by atoms with Crippen molar-refractivity contribution in [3.63, 3.8) is 0 Å². The second-order valence-corrected chi connectivity index (χ2v) is 7.86. The Morgan fingerprint density at radius 1 is 1.06 bits per heavy atom. The van der Waals surface area contributed by atoms with Crippen LogP contribution in [0.15, 0.2) is 79.1 Å². The van der Waals surface area contributed by atoms with E-state index in [0.717, 1.165) is 46.6 Å². The van der Waals surface area contributed by atoms with Crippen LogP contribution in [-0.2, 0) is 17.6 Å². The lowest BCUT2D eigenvalue weighted by Gasteiger charge is -2.14. The Bertz CT molecular complexity index is 1160. The number of nitrogens with one attached hydrogen (secondary N) is 3. The summed E-state index contributed by atoms with van der Waals surface area (Å²) in [5.41, 5.74) is 3.67. The molecule has 2 aromatic heterocycles. The van der Waals surface area contributed by atoms with Gasteiger partial charge in [0.15, 0.2) is 0 Å². The van der Waals surface area contributed by atoms with E-state index in [9.17, 15) is 9.90 Å². The van der Waals surface area contributed by atoms with Gasteiger partial charge in [-0.2, -0.15) is 0 Å². The zero-order chi connectivity index (χ0) is 22.9. The molecule has 0 aliphatic carbocycles. The Hall–Kier alpha value is -3.68. The number of carbonyl (C=O) groups is 1. The van der Waals surface area contributed by atoms with Gasteiger partial charge in [0.1, 0.15) is 18.5 Å². The number of pyridine rings is 1. The smallest absolute Gasteiger partial charge is 0.230 e. The van der Waals surface area contributed by atoms with E-state index >= 15 is 0 Å². The van der Waals surface area contributed by atoms with Crippen LogP contribution >= 0.6 is 0 Å². The monoisotopic (exact) mass is 444 g/mol. The first-order valence-corrected chi connectivity index (χ1v) is 11.0. The van der Waals surface area contributed by atoms with Gasteiger partial charge in [-0.15, -0.1) is 0 Å². The Morgan fingerprint density at radius 3 is 2.76 bits per heavy atom. The van der Waals surface area contributed by atoms with E-state index < -0.39 is 6.10 Å². The van der Waals surface area contributed by atoms with Gasteiger partial charge in [-0.25, -0.2) is 0 Å². The molecule has 0 saturated heterocycles. The molecule has 0 radical (unpaired) electrons. The molecule has 7 heteroatoms. The summed E-state index contributed by atoms with van der Waals surface area (Å²) in [5, 5.41) is 17.4. The minimum Gasteiger partial charge on any atom is -0.490 e. The highest BCUT2D eigenvalue weighted by molar-refractivity contribution is 5.92. The molecule has 0 unspecified atom stereocenters. The van der Waals surface area contributed by atoms with Crippen LogP contribution < -0.4 is 15.4 Å². The fraction of sp³-hybridized carbons (Fsp3) is 0.231. The standard InChI is InChI=1S/C26H28N4O3/c31-22(18-33-25-6-3-5-24-23(25)12-15-29-24)17-27-14-11-19-7-9-20(10-8-19)30-26(32)16-21-4-1-2-13-28-21/h1-10,12-13,15,22,27,29,31H,11,14,16-18H2,(H,30,32)/t22-/m0/s1. The topological polar surface area (TPSA) is 99.3 Å². The van der Waals surface area contributed by atoms with Crippen LogP contribution in [-0.4, -0.2) is 46.8 Å². The van der Waals surface area contributed by atoms with Gasteiger partial charge < -0.3 is 25.5 Å². The van der Waals surface area contributed by atoms with Gasteiger partial charge in [-0.1, -0.05) is 24.3 Å². The van der Waals surface area contributed by atoms with E-state index in [1.807, 2.05) is 72.9 Å². The number of carbonyl (C=O) groups excluding carboxylic acids is 1. The third kappa shape index (κ3) is 6.65. The highest BCUT2D eigenvalue weighted by Crippen LogP contribution is 2.24. The highest BCUT2D eigenvalue weighted by Gasteiger charge is 2.08. The Morgan fingerprint density at radius 2 is 1.94 bits per heavy atom. The first-order valence-electron chi connectivity index (χ1n) is 11.0. The van der Waals surface area contributed by atoms with Crippen molar-refractivity contribution in [1.82, 2.24) is 15.3 Å². The molecule has 2 aromatic carbocycles. The first-order chi connectivity index (χ1) is 16.2. The average molecular weight is 445 g/mol. The van der Waals surface area contributed by atoms with Crippen molar-refractivity contribution in [2.45, 2.75) is 18.9 Å². The average Bonchev–Trinajstić information content (AvgIpc) is 3.32. The molecule has 4 aromatic rings. The number of aromatic amines is 1. The maximum atomic E-state index is 12.1. The number of aromatic nitrogens is 2. The highest BCUT2D eigenvalue weighted by atomic mass is 16.5. The third-order valence-electron chi connectivity index (χ3n) is 5.26. The minimum absolute atomic E-state index is 0.0907. The third-order valence-corrected chi connectivity index (χ3v) is 5.26. The Balaban J connectivity index is 1.14. The van der Waals surface area contributed by atoms with E-state index in [0.29, 0.717) is 6.54 Å². The van der Waals surface area contributed by atoms with Crippen molar-refractivity contribution in [3.8, 4) is 5.75 Å². The van der Waals surface area contributed by atoms with Crippen molar-refractivity contribution >= 4 is 22.5 Å². The number of rotatable bonds is 11. The van der Waals surface area contributed by atoms with Gasteiger partial charge in [-0.05, 0) is 61.0 Å². The summed E-state index contributed by atoms with van der Waals surface area (Å²) < 4.78 is 5.79. The van der Waals surface area contributed by atoms with Crippen molar-refractivity contribution in [2.75, 3.05) is 25.0 Å². The maximum Gasteiger partial charge on any atom is 0.230 e. The molecule has 1 atom stereocenters. The van der Waals surface area contributed by atoms with Crippen LogP contribution in [0.4, 0.5) is 5.69 Å². The van der Waals surface area contributed by atoms with Gasteiger partial charge in [-0.3, -0.25) is 9.78 Å². The van der Waals surface area contributed by atoms with Crippen LogP contribution in [0.2, 0.25) is 0 Å². The summed E-state index contributed by atoms with van der Waals surface area (Å²) in [6.45, 7) is 1.41. The zero-order valence-electron chi connectivity index (χ0n) is 18.3. The van der Waals surface area contributed by atoms with Crippen LogP contribution in [0.3, 0.4) is 0 Å². The quantitative estimate of drug-likeness (QED) is 0.266. The van der Waals surface area contributed by atoms with Gasteiger partial charge in [0.25, 0.3) is 0 Å². The molecule has 33 heavy (non-hydrogen) atoms. The van der Waals surface area contributed by atoms with E-state index in [1.54, 1.807) is 6.20 Å². The fourth-order valence-corrected chi connectivity index (χ4v) is 3.56. The van der Waals surface area contributed by atoms with Crippen LogP contribution in [0.1, 0.15) is 11.3 Å². The predicted octanol–water partition coefficient (Wildman–Crippen LogP) is 3.32. The zero-order valence-corrected chi connectivity index (χ0v) is 18.3. The number of ether oxygens (including phenoxy) is 1. The molecule has 4 rings (SSSR count). The number of benzene rings is 2. The number of hydrogen-bond acceptors (Lipinski definition) is 5. The van der Waals surface area contributed by atoms with E-state index in [1.165, 1.54) is 0 Å². The molecule has 0 aliphatic heterocycles. The van der Waals surface area contributed by atoms with E-state index in [2.05, 4.69) is 20.6 Å². The molecule has 0 aliphatic rings. The van der Waals surface area contributed by atoms with Crippen molar-refractivity contribution in [1.29, 1.82) is 0 Å². The molecule has 0 saturated carbocycles. The number of nitrogens with zero attached hydrogens (tertiary/aromatic N) is 1. The lowest BCUT2D eigenvalue weighted by Crippen LogP contribution is -2.32. The second kappa shape index (κ2) is 11.3. The molecule has 4 N–H and O–H groups in total. The molecule has 0 spiro atoms. The van der Waals surface area contributed by atoms with Crippen LogP contribution in [0, 0.1) is 0 Å². The number of aliphatic hydroxyl groups excluding tert-OH is 1. The molecule has 7 nitrogen and oxygen atoms in total. The fourth-order valence-electron chi connectivity index (χ4n) is 3.56. The summed E-state index contributed by atoms with van der Waals surface area (Å²) in [4.78, 5) is 19.5. The van der Waals surface area contributed by atoms with Crippen LogP contribution in [0.25, 0.3) is 10.9 Å². The molecular weight excluding hydrogens is 416 g/mol. The first kappa shape index (κ1) is 22.5. The molecule has 1 amide bonds. The number of fused-ring (bicyclic) bond motifs is 1. The molecule has 0 fully saturated rings. The largest absolute Gasteiger partial charge is 0.490 e. The summed E-state index contributed by atoms with van der Waals surface area (Å²) >= 11 is 0. The van der Waals surface area contributed by atoms with E-state index in [-0.39, 0.29) is 18.9 Å². The normalized spacial score (nSPS) is 11.9. The number of anilines is 1. The number of hydrogen-bond donors (Lipinski definition) is 4. The van der Waals surface area contributed by atoms with E-state index in [4.69, 9.17) is 4.74 Å². The lowest BCUT2D eigenvalue weighted by molar-refractivity contribution is -0.115. The molecule has 0 bridgehead atoms. The number of amides is 1. The molecule has 2 heterocycles. The summed E-state index contributed by atoms with van der Waals surface area (Å²) in [5.74, 6) is 0.673. The van der Waals surface area contributed by atoms with Crippen LogP contribution in [0.5, 0.6) is 5.75 Å². The minimum atomic E-state index is -0.601. The van der Waals surface area contributed by atoms with Crippen molar-refractivity contribution in [3.05, 3.63) is 90.4 Å². The van der Waals surface area contributed by atoms with Crippen molar-refractivity contribution in [2.24, 2.45) is 0 Å². The maximum absolute atomic E-state index is 12.1. The van der Waals surface area contributed by atoms with Gasteiger partial charge in [0.05, 0.1) is 6.42 Å². The molecular formula is C26H28N4O3. The summed E-state index contributed by atoms with van der Waals surface area (Å²) in [7, 11) is 0. The Labute approximate surface area is 192 Å². The van der Waals surface area contributed by atoms with Gasteiger partial charge in [0.2, 0.25) is 5.91 Å². The summed E-state index contributed by atoms with van der Waals surface area (Å²) in [6.07, 6.45) is 4.02. The van der Waals surface area contributed by atoms with Gasteiger partial charge in [0, 0.05) is 41.2 Å².